The zero-order valence-electron chi connectivity index (χ0n) is 13.4. The largest absolute Gasteiger partial charge is 0.380 e. The minimum absolute atomic E-state index is 0.0322. The third kappa shape index (κ3) is 4.19. The molecule has 130 valence electrons. The van der Waals surface area contributed by atoms with Gasteiger partial charge in [0.05, 0.1) is 22.2 Å². The van der Waals surface area contributed by atoms with Crippen molar-refractivity contribution in [1.29, 1.82) is 0 Å². The molecule has 1 heterocycles. The highest BCUT2D eigenvalue weighted by atomic mass is 35.5. The molecule has 25 heavy (non-hydrogen) atoms. The van der Waals surface area contributed by atoms with Gasteiger partial charge in [-0.15, -0.1) is 0 Å². The number of hydrogen-bond acceptors (Lipinski definition) is 5. The van der Waals surface area contributed by atoms with Gasteiger partial charge in [-0.2, -0.15) is 0 Å². The van der Waals surface area contributed by atoms with Crippen molar-refractivity contribution in [2.75, 3.05) is 29.9 Å². The molecule has 2 aromatic rings. The molecule has 0 radical (unpaired) electrons. The summed E-state index contributed by atoms with van der Waals surface area (Å²) in [6.45, 7) is 2.36. The minimum atomic E-state index is -0.477. The van der Waals surface area contributed by atoms with Crippen molar-refractivity contribution in [2.24, 2.45) is 0 Å². The Morgan fingerprint density at radius 1 is 1.24 bits per heavy atom. The van der Waals surface area contributed by atoms with E-state index in [1.807, 2.05) is 29.2 Å². The molecule has 0 atom stereocenters. The molecule has 7 nitrogen and oxygen atoms in total. The number of hydrogen-bond donors (Lipinski definition) is 2. The maximum atomic E-state index is 11.5. The number of benzene rings is 2. The first-order chi connectivity index (χ1) is 12.0. The second kappa shape index (κ2) is 7.40. The normalized spacial score (nSPS) is 14.1. The van der Waals surface area contributed by atoms with E-state index in [2.05, 4.69) is 10.6 Å². The van der Waals surface area contributed by atoms with E-state index in [0.717, 1.165) is 17.8 Å². The lowest BCUT2D eigenvalue weighted by atomic mass is 10.1. The number of anilines is 2. The summed E-state index contributed by atoms with van der Waals surface area (Å²) in [4.78, 5) is 23.7. The van der Waals surface area contributed by atoms with Crippen LogP contribution in [-0.2, 0) is 11.3 Å². The van der Waals surface area contributed by atoms with Crippen LogP contribution in [-0.4, -0.2) is 30.5 Å². The van der Waals surface area contributed by atoms with Crippen LogP contribution >= 0.6 is 11.6 Å². The maximum absolute atomic E-state index is 11.5. The van der Waals surface area contributed by atoms with Crippen LogP contribution in [0.3, 0.4) is 0 Å². The summed E-state index contributed by atoms with van der Waals surface area (Å²) < 4.78 is 0. The first-order valence-electron chi connectivity index (χ1n) is 7.81. The number of carbonyl (C=O) groups excluding carboxylic acids is 1. The summed E-state index contributed by atoms with van der Waals surface area (Å²) in [5, 5.41) is 17.0. The fourth-order valence-corrected chi connectivity index (χ4v) is 2.88. The van der Waals surface area contributed by atoms with E-state index in [1.54, 1.807) is 6.07 Å². The lowest BCUT2D eigenvalue weighted by molar-refractivity contribution is -0.384. The number of halogens is 1. The van der Waals surface area contributed by atoms with E-state index in [0.29, 0.717) is 30.3 Å². The highest BCUT2D eigenvalue weighted by molar-refractivity contribution is 6.33. The average molecular weight is 361 g/mol. The van der Waals surface area contributed by atoms with E-state index in [1.165, 1.54) is 12.1 Å². The summed E-state index contributed by atoms with van der Waals surface area (Å²) in [7, 11) is 0. The van der Waals surface area contributed by atoms with Crippen molar-refractivity contribution in [2.45, 2.75) is 6.54 Å². The van der Waals surface area contributed by atoms with Gasteiger partial charge in [0.2, 0.25) is 5.91 Å². The third-order valence-electron chi connectivity index (χ3n) is 3.99. The quantitative estimate of drug-likeness (QED) is 0.632. The Morgan fingerprint density at radius 2 is 2.00 bits per heavy atom. The summed E-state index contributed by atoms with van der Waals surface area (Å²) >= 11 is 6.07. The van der Waals surface area contributed by atoms with Gasteiger partial charge >= 0.3 is 0 Å². The summed E-state index contributed by atoms with van der Waals surface area (Å²) in [5.41, 5.74) is 2.65. The predicted octanol–water partition coefficient (Wildman–Crippen LogP) is 2.80. The molecule has 2 N–H and O–H groups in total. The Labute approximate surface area is 149 Å². The second-order valence-electron chi connectivity index (χ2n) is 5.71. The predicted molar refractivity (Wildman–Crippen MR) is 97.1 cm³/mol. The van der Waals surface area contributed by atoms with Crippen molar-refractivity contribution in [3.63, 3.8) is 0 Å². The van der Waals surface area contributed by atoms with Gasteiger partial charge in [0.1, 0.15) is 0 Å². The van der Waals surface area contributed by atoms with Gasteiger partial charge in [0.25, 0.3) is 5.69 Å². The van der Waals surface area contributed by atoms with E-state index in [-0.39, 0.29) is 11.6 Å². The van der Waals surface area contributed by atoms with Crippen LogP contribution in [0.4, 0.5) is 17.1 Å². The molecule has 0 aliphatic carbocycles. The van der Waals surface area contributed by atoms with Crippen LogP contribution in [0.1, 0.15) is 5.56 Å². The van der Waals surface area contributed by atoms with Crippen LogP contribution in [0.5, 0.6) is 0 Å². The van der Waals surface area contributed by atoms with Gasteiger partial charge in [0, 0.05) is 37.5 Å². The van der Waals surface area contributed by atoms with E-state index >= 15 is 0 Å². The fraction of sp³-hybridized carbons (Fsp3) is 0.235. The minimum Gasteiger partial charge on any atom is -0.380 e. The van der Waals surface area contributed by atoms with E-state index in [9.17, 15) is 14.9 Å². The number of nitro benzene ring substituents is 1. The summed E-state index contributed by atoms with van der Waals surface area (Å²) in [6, 6.07) is 12.3. The molecule has 8 heteroatoms. The first-order valence-corrected chi connectivity index (χ1v) is 8.19. The van der Waals surface area contributed by atoms with Crippen molar-refractivity contribution < 1.29 is 9.72 Å². The number of non-ortho nitro benzene ring substituents is 1. The maximum Gasteiger partial charge on any atom is 0.271 e. The van der Waals surface area contributed by atoms with Crippen LogP contribution < -0.4 is 15.5 Å². The molecule has 0 spiro atoms. The molecule has 0 bridgehead atoms. The van der Waals surface area contributed by atoms with E-state index in [4.69, 9.17) is 11.6 Å². The monoisotopic (exact) mass is 360 g/mol. The molecule has 2 aromatic carbocycles. The topological polar surface area (TPSA) is 87.5 Å². The van der Waals surface area contributed by atoms with E-state index < -0.39 is 4.92 Å². The molecule has 1 saturated heterocycles. The number of nitro groups is 1. The third-order valence-corrected chi connectivity index (χ3v) is 4.30. The highest BCUT2D eigenvalue weighted by Crippen LogP contribution is 2.27. The summed E-state index contributed by atoms with van der Waals surface area (Å²) in [5.74, 6) is 0.0322. The average Bonchev–Trinajstić information content (AvgIpc) is 2.61. The Morgan fingerprint density at radius 3 is 2.64 bits per heavy atom. The Bertz CT molecular complexity index is 795. The van der Waals surface area contributed by atoms with Gasteiger partial charge in [-0.3, -0.25) is 14.9 Å². The lowest BCUT2D eigenvalue weighted by Gasteiger charge is -2.28. The molecule has 1 aliphatic heterocycles. The van der Waals surface area contributed by atoms with Gasteiger partial charge < -0.3 is 15.5 Å². The molecular weight excluding hydrogens is 344 g/mol. The zero-order chi connectivity index (χ0) is 17.8. The number of rotatable bonds is 5. The lowest BCUT2D eigenvalue weighted by Crippen LogP contribution is -2.47. The number of amides is 1. The van der Waals surface area contributed by atoms with Gasteiger partial charge in [-0.05, 0) is 23.8 Å². The van der Waals surface area contributed by atoms with Crippen molar-refractivity contribution in [1.82, 2.24) is 5.32 Å². The Balaban J connectivity index is 1.62. The number of carbonyl (C=O) groups is 1. The smallest absolute Gasteiger partial charge is 0.271 e. The molecule has 0 unspecified atom stereocenters. The molecule has 1 fully saturated rings. The zero-order valence-corrected chi connectivity index (χ0v) is 14.1. The Kier molecular flexibility index (Phi) is 5.04. The van der Waals surface area contributed by atoms with Crippen LogP contribution in [0.2, 0.25) is 5.02 Å². The van der Waals surface area contributed by atoms with Crippen molar-refractivity contribution >= 4 is 34.6 Å². The van der Waals surface area contributed by atoms with Crippen molar-refractivity contribution in [3.05, 3.63) is 63.2 Å². The SMILES string of the molecule is O=C1CN(c2ccc(CNc3ccc([N+](=O)[O-])cc3Cl)cc2)CCN1. The first kappa shape index (κ1) is 17.0. The molecule has 1 aliphatic rings. The molecule has 3 rings (SSSR count). The van der Waals surface area contributed by atoms with Gasteiger partial charge in [-0.1, -0.05) is 23.7 Å². The van der Waals surface area contributed by atoms with Gasteiger partial charge in [-0.25, -0.2) is 0 Å². The van der Waals surface area contributed by atoms with Crippen LogP contribution in [0, 0.1) is 10.1 Å². The molecule has 1 amide bonds. The fourth-order valence-electron chi connectivity index (χ4n) is 2.64. The summed E-state index contributed by atoms with van der Waals surface area (Å²) in [6.07, 6.45) is 0. The van der Waals surface area contributed by atoms with Crippen LogP contribution in [0.25, 0.3) is 0 Å². The Hall–Kier alpha value is -2.80. The number of nitrogens with zero attached hydrogens (tertiary/aromatic N) is 2. The molecule has 0 saturated carbocycles. The molecule has 0 aromatic heterocycles. The molecular formula is C17H17ClN4O3. The standard InChI is InChI=1S/C17H17ClN4O3/c18-15-9-14(22(24)25)5-6-16(15)20-10-12-1-3-13(4-2-12)21-8-7-19-17(23)11-21/h1-6,9,20H,7-8,10-11H2,(H,19,23). The van der Waals surface area contributed by atoms with Gasteiger partial charge in [0.15, 0.2) is 0 Å². The van der Waals surface area contributed by atoms with Crippen LogP contribution in [0.15, 0.2) is 42.5 Å². The number of piperazine rings is 1. The van der Waals surface area contributed by atoms with Crippen molar-refractivity contribution in [3.8, 4) is 0 Å². The second-order valence-corrected chi connectivity index (χ2v) is 6.12. The number of nitrogens with one attached hydrogen (secondary N) is 2. The highest BCUT2D eigenvalue weighted by Gasteiger charge is 2.16.